The van der Waals surface area contributed by atoms with E-state index in [1.165, 1.54) is 12.8 Å². The topological polar surface area (TPSA) is 69.2 Å². The molecule has 2 aliphatic rings. The van der Waals surface area contributed by atoms with Crippen molar-refractivity contribution in [1.82, 2.24) is 0 Å². The fourth-order valence-corrected chi connectivity index (χ4v) is 3.08. The zero-order valence-electron chi connectivity index (χ0n) is 17.5. The summed E-state index contributed by atoms with van der Waals surface area (Å²) in [4.78, 5) is 0. The molecule has 0 aromatic carbocycles. The van der Waals surface area contributed by atoms with Crippen LogP contribution in [0.3, 0.4) is 0 Å². The molecule has 2 aliphatic carbocycles. The summed E-state index contributed by atoms with van der Waals surface area (Å²) in [7, 11) is 0. The van der Waals surface area contributed by atoms with Crippen LogP contribution in [0.25, 0.3) is 0 Å². The second-order valence-corrected chi connectivity index (χ2v) is 7.77. The van der Waals surface area contributed by atoms with Gasteiger partial charge < -0.3 is 15.3 Å². The molecule has 0 aliphatic heterocycles. The van der Waals surface area contributed by atoms with E-state index in [0.717, 1.165) is 42.2 Å². The molecule has 2 rings (SSSR count). The van der Waals surface area contributed by atoms with E-state index < -0.39 is 0 Å². The summed E-state index contributed by atoms with van der Waals surface area (Å²) in [6.45, 7) is 6.32. The minimum absolute atomic E-state index is 0.0938. The van der Waals surface area contributed by atoms with Crippen molar-refractivity contribution in [2.24, 2.45) is 0 Å². The van der Waals surface area contributed by atoms with Crippen LogP contribution in [0.1, 0.15) is 72.1 Å². The molecule has 0 heterocycles. The van der Waals surface area contributed by atoms with Gasteiger partial charge in [0.05, 0.1) is 0 Å². The van der Waals surface area contributed by atoms with Gasteiger partial charge in [0, 0.05) is 0 Å². The third kappa shape index (κ3) is 18.8. The zero-order chi connectivity index (χ0) is 20.8. The van der Waals surface area contributed by atoms with E-state index in [-0.39, 0.29) is 19.8 Å². The van der Waals surface area contributed by atoms with Crippen LogP contribution in [0, 0.1) is 0 Å². The van der Waals surface area contributed by atoms with Crippen molar-refractivity contribution in [2.75, 3.05) is 19.8 Å². The number of hydrogen-bond donors (Lipinski definition) is 0. The van der Waals surface area contributed by atoms with E-state index in [4.69, 9.17) is 0 Å². The van der Waals surface area contributed by atoms with Gasteiger partial charge in [-0.2, -0.15) is 0 Å². The van der Waals surface area contributed by atoms with E-state index in [2.05, 4.69) is 36.5 Å². The van der Waals surface area contributed by atoms with Gasteiger partial charge in [0.2, 0.25) is 0 Å². The second-order valence-electron chi connectivity index (χ2n) is 6.35. The van der Waals surface area contributed by atoms with Crippen molar-refractivity contribution in [1.29, 1.82) is 0 Å². The van der Waals surface area contributed by atoms with Crippen molar-refractivity contribution >= 4 is 0 Å². The van der Waals surface area contributed by atoms with Gasteiger partial charge in [0.25, 0.3) is 0 Å². The molecule has 0 aromatic rings. The standard InChI is InChI=1S/C11H11.3C4H9O.Zr/c1-2-6-10(5-1)9-11-7-3-4-8-11;3*1-2-3-4-5;/h1-5,7,9H,6,8H2;3*2-4H2,1H3;/q;3*-1;+3. The van der Waals surface area contributed by atoms with Crippen LogP contribution >= 0.6 is 0 Å². The molecule has 0 atom stereocenters. The molecule has 0 bridgehead atoms. The molecule has 3 nitrogen and oxygen atoms in total. The summed E-state index contributed by atoms with van der Waals surface area (Å²) in [5.41, 5.74) is 3.20. The minimum atomic E-state index is 0.0938. The molecule has 27 heavy (non-hydrogen) atoms. The summed E-state index contributed by atoms with van der Waals surface area (Å²) in [5.74, 6) is 0. The maximum atomic E-state index is 9.53. The third-order valence-corrected chi connectivity index (χ3v) is 5.66. The number of unbranched alkanes of at least 4 members (excludes halogenated alkanes) is 3. The quantitative estimate of drug-likeness (QED) is 0.564. The van der Waals surface area contributed by atoms with Crippen molar-refractivity contribution in [3.63, 3.8) is 0 Å². The number of hydrogen-bond acceptors (Lipinski definition) is 3. The first-order valence-corrected chi connectivity index (χ1v) is 11.7. The van der Waals surface area contributed by atoms with Gasteiger partial charge in [-0.15, -0.1) is 19.8 Å². The normalized spacial score (nSPS) is 13.8. The van der Waals surface area contributed by atoms with Crippen LogP contribution in [-0.4, -0.2) is 19.8 Å². The van der Waals surface area contributed by atoms with Crippen LogP contribution in [-0.2, 0) is 24.7 Å². The Morgan fingerprint density at radius 3 is 1.22 bits per heavy atom. The first-order valence-electron chi connectivity index (χ1n) is 10.3. The van der Waals surface area contributed by atoms with Crippen molar-refractivity contribution in [2.45, 2.75) is 75.8 Å². The molecular formula is C23H38O3Zr. The second kappa shape index (κ2) is 23.8. The Morgan fingerprint density at radius 2 is 1.07 bits per heavy atom. The number of allylic oxidation sites excluding steroid dienone is 8. The summed E-state index contributed by atoms with van der Waals surface area (Å²) in [5, 5.41) is 28.6. The Bertz CT molecular complexity index is 375. The van der Waals surface area contributed by atoms with Gasteiger partial charge in [0.1, 0.15) is 0 Å². The van der Waals surface area contributed by atoms with E-state index in [1.807, 2.05) is 20.8 Å². The Kier molecular flexibility index (Phi) is 25.5. The van der Waals surface area contributed by atoms with Crippen molar-refractivity contribution in [3.05, 3.63) is 47.6 Å². The molecule has 0 N–H and O–H groups in total. The van der Waals surface area contributed by atoms with Crippen molar-refractivity contribution < 1.29 is 40.0 Å². The molecule has 0 saturated heterocycles. The molecule has 0 fully saturated rings. The monoisotopic (exact) mass is 452 g/mol. The predicted molar refractivity (Wildman–Crippen MR) is 107 cm³/mol. The third-order valence-electron chi connectivity index (χ3n) is 3.84. The van der Waals surface area contributed by atoms with Crippen LogP contribution in [0.5, 0.6) is 0 Å². The van der Waals surface area contributed by atoms with Gasteiger partial charge in [0.15, 0.2) is 0 Å². The molecular weight excluding hydrogens is 415 g/mol. The Morgan fingerprint density at radius 1 is 0.741 bits per heavy atom. The summed E-state index contributed by atoms with van der Waals surface area (Å²) < 4.78 is 0.738. The first-order chi connectivity index (χ1) is 13.1. The van der Waals surface area contributed by atoms with Crippen LogP contribution in [0.2, 0.25) is 3.63 Å². The van der Waals surface area contributed by atoms with Gasteiger partial charge in [-0.1, -0.05) is 59.3 Å². The fourth-order valence-electron chi connectivity index (χ4n) is 2.03. The van der Waals surface area contributed by atoms with E-state index in [9.17, 15) is 15.3 Å². The van der Waals surface area contributed by atoms with Crippen LogP contribution < -0.4 is 15.3 Å². The van der Waals surface area contributed by atoms with Gasteiger partial charge in [-0.25, -0.2) is 0 Å². The molecule has 4 heteroatoms. The van der Waals surface area contributed by atoms with Gasteiger partial charge in [-0.05, 0) is 0 Å². The Balaban J connectivity index is 0. The zero-order valence-corrected chi connectivity index (χ0v) is 20.0. The average Bonchev–Trinajstić information content (AvgIpc) is 3.39. The van der Waals surface area contributed by atoms with E-state index in [1.54, 1.807) is 35.9 Å². The molecule has 0 unspecified atom stereocenters. The molecule has 0 saturated carbocycles. The molecule has 152 valence electrons. The number of rotatable bonds is 8. The Hall–Kier alpha value is -0.277. The molecule has 0 aromatic heterocycles. The molecule has 0 spiro atoms. The SMILES string of the molecule is CCCC[O-].CCCC[O-].CCCC[O-].[Zr+3][CH](C1=CC=CC1)C1=CC=CC1. The van der Waals surface area contributed by atoms with Crippen molar-refractivity contribution in [3.8, 4) is 0 Å². The van der Waals surface area contributed by atoms with Gasteiger partial charge >= 0.3 is 88.8 Å². The molecule has 0 amide bonds. The van der Waals surface area contributed by atoms with Crippen LogP contribution in [0.15, 0.2) is 47.6 Å². The molecule has 0 radical (unpaired) electrons. The first kappa shape index (κ1) is 28.9. The summed E-state index contributed by atoms with van der Waals surface area (Å²) in [6.07, 6.45) is 21.3. The average molecular weight is 454 g/mol. The van der Waals surface area contributed by atoms with Crippen LogP contribution in [0.4, 0.5) is 0 Å². The summed E-state index contributed by atoms with van der Waals surface area (Å²) >= 11 is 1.63. The Labute approximate surface area is 182 Å². The van der Waals surface area contributed by atoms with E-state index in [0.29, 0.717) is 0 Å². The summed E-state index contributed by atoms with van der Waals surface area (Å²) in [6, 6.07) is 0. The van der Waals surface area contributed by atoms with Gasteiger partial charge in [-0.3, -0.25) is 0 Å². The fraction of sp³-hybridized carbons (Fsp3) is 0.652. The maximum absolute atomic E-state index is 9.53. The predicted octanol–water partition coefficient (Wildman–Crippen LogP) is 3.53. The van der Waals surface area contributed by atoms with E-state index >= 15 is 0 Å².